The standard InChI is InChI=1S/C15H30N4O.C2H6/c1-16-15(20)13-19-7-4-14(5-8-19)3-6-18-11-9-17(2)10-12-18;1-2/h14H,3-13H2,1-2H3,(H,16,20);1-2H3. The molecular weight excluding hydrogens is 276 g/mol. The third-order valence-electron chi connectivity index (χ3n) is 4.80. The fourth-order valence-electron chi connectivity index (χ4n) is 3.15. The van der Waals surface area contributed by atoms with Crippen LogP contribution in [0.3, 0.4) is 0 Å². The fourth-order valence-corrected chi connectivity index (χ4v) is 3.15. The van der Waals surface area contributed by atoms with Crippen molar-refractivity contribution in [3.63, 3.8) is 0 Å². The van der Waals surface area contributed by atoms with Gasteiger partial charge in [0.15, 0.2) is 0 Å². The van der Waals surface area contributed by atoms with E-state index in [1.54, 1.807) is 7.05 Å². The van der Waals surface area contributed by atoms with Crippen molar-refractivity contribution in [1.82, 2.24) is 20.0 Å². The number of nitrogens with one attached hydrogen (secondary N) is 1. The van der Waals surface area contributed by atoms with Gasteiger partial charge in [0.2, 0.25) is 5.91 Å². The van der Waals surface area contributed by atoms with E-state index in [2.05, 4.69) is 27.1 Å². The Kier molecular flexibility index (Phi) is 9.68. The number of carbonyl (C=O) groups excluding carboxylic acids is 1. The van der Waals surface area contributed by atoms with Crippen molar-refractivity contribution in [2.75, 3.05) is 66.5 Å². The molecule has 2 fully saturated rings. The molecule has 5 heteroatoms. The summed E-state index contributed by atoms with van der Waals surface area (Å²) in [5.41, 5.74) is 0. The minimum Gasteiger partial charge on any atom is -0.358 e. The van der Waals surface area contributed by atoms with E-state index in [4.69, 9.17) is 0 Å². The first kappa shape index (κ1) is 19.4. The van der Waals surface area contributed by atoms with Crippen LogP contribution < -0.4 is 5.32 Å². The van der Waals surface area contributed by atoms with E-state index in [0.717, 1.165) is 19.0 Å². The number of rotatable bonds is 5. The number of amides is 1. The minimum atomic E-state index is 0.140. The van der Waals surface area contributed by atoms with Crippen LogP contribution in [0.5, 0.6) is 0 Å². The second kappa shape index (κ2) is 11.0. The molecule has 0 aliphatic carbocycles. The third-order valence-corrected chi connectivity index (χ3v) is 4.80. The lowest BCUT2D eigenvalue weighted by Crippen LogP contribution is -2.45. The number of likely N-dealkylation sites (tertiary alicyclic amines) is 1. The summed E-state index contributed by atoms with van der Waals surface area (Å²) in [5, 5.41) is 2.70. The number of likely N-dealkylation sites (N-methyl/N-ethyl adjacent to an activating group) is 2. The van der Waals surface area contributed by atoms with Gasteiger partial charge in [-0.15, -0.1) is 0 Å². The van der Waals surface area contributed by atoms with E-state index in [-0.39, 0.29) is 5.91 Å². The first-order chi connectivity index (χ1) is 10.7. The zero-order valence-corrected chi connectivity index (χ0v) is 15.1. The summed E-state index contributed by atoms with van der Waals surface area (Å²) in [6.45, 7) is 12.9. The minimum absolute atomic E-state index is 0.140. The first-order valence-electron chi connectivity index (χ1n) is 9.01. The van der Waals surface area contributed by atoms with Crippen molar-refractivity contribution < 1.29 is 4.79 Å². The smallest absolute Gasteiger partial charge is 0.233 e. The van der Waals surface area contributed by atoms with Crippen LogP contribution in [-0.2, 0) is 4.79 Å². The monoisotopic (exact) mass is 312 g/mol. The zero-order chi connectivity index (χ0) is 16.4. The summed E-state index contributed by atoms with van der Waals surface area (Å²) in [7, 11) is 3.92. The molecule has 130 valence electrons. The van der Waals surface area contributed by atoms with Crippen molar-refractivity contribution >= 4 is 5.91 Å². The largest absolute Gasteiger partial charge is 0.358 e. The highest BCUT2D eigenvalue weighted by Gasteiger charge is 2.21. The van der Waals surface area contributed by atoms with Crippen LogP contribution in [0.1, 0.15) is 33.1 Å². The van der Waals surface area contributed by atoms with Crippen molar-refractivity contribution in [3.8, 4) is 0 Å². The Balaban J connectivity index is 0.00000116. The molecule has 0 aromatic carbocycles. The molecule has 1 N–H and O–H groups in total. The maximum Gasteiger partial charge on any atom is 0.233 e. The quantitative estimate of drug-likeness (QED) is 0.825. The molecule has 2 aliphatic heterocycles. The number of hydrogen-bond donors (Lipinski definition) is 1. The molecule has 0 aromatic rings. The lowest BCUT2D eigenvalue weighted by molar-refractivity contribution is -0.122. The van der Waals surface area contributed by atoms with Crippen LogP contribution in [0, 0.1) is 5.92 Å². The van der Waals surface area contributed by atoms with Crippen molar-refractivity contribution in [3.05, 3.63) is 0 Å². The number of hydrogen-bond acceptors (Lipinski definition) is 4. The average Bonchev–Trinajstić information content (AvgIpc) is 2.57. The van der Waals surface area contributed by atoms with Crippen molar-refractivity contribution in [2.24, 2.45) is 5.92 Å². The Morgan fingerprint density at radius 3 is 2.14 bits per heavy atom. The Labute approximate surface area is 137 Å². The van der Waals surface area contributed by atoms with Crippen LogP contribution >= 0.6 is 0 Å². The van der Waals surface area contributed by atoms with Gasteiger partial charge in [-0.25, -0.2) is 0 Å². The van der Waals surface area contributed by atoms with Crippen molar-refractivity contribution in [1.29, 1.82) is 0 Å². The highest BCUT2D eigenvalue weighted by Crippen LogP contribution is 2.20. The van der Waals surface area contributed by atoms with Gasteiger partial charge in [-0.3, -0.25) is 9.69 Å². The topological polar surface area (TPSA) is 38.8 Å². The van der Waals surface area contributed by atoms with Crippen LogP contribution in [-0.4, -0.2) is 87.1 Å². The normalized spacial score (nSPS) is 22.0. The lowest BCUT2D eigenvalue weighted by atomic mass is 9.93. The van der Waals surface area contributed by atoms with Gasteiger partial charge in [0, 0.05) is 33.2 Å². The number of carbonyl (C=O) groups is 1. The third kappa shape index (κ3) is 7.07. The van der Waals surface area contributed by atoms with Gasteiger partial charge in [-0.2, -0.15) is 0 Å². The van der Waals surface area contributed by atoms with Crippen LogP contribution in [0.4, 0.5) is 0 Å². The Bertz CT molecular complexity index is 295. The molecule has 0 unspecified atom stereocenters. The molecule has 0 atom stereocenters. The molecule has 0 aromatic heterocycles. The van der Waals surface area contributed by atoms with Gasteiger partial charge in [-0.05, 0) is 51.9 Å². The van der Waals surface area contributed by atoms with Crippen LogP contribution in [0.15, 0.2) is 0 Å². The molecule has 2 aliphatic rings. The van der Waals surface area contributed by atoms with Gasteiger partial charge in [-0.1, -0.05) is 13.8 Å². The summed E-state index contributed by atoms with van der Waals surface area (Å²) in [4.78, 5) is 18.7. The van der Waals surface area contributed by atoms with E-state index >= 15 is 0 Å². The predicted octanol–water partition coefficient (Wildman–Crippen LogP) is 1.11. The lowest BCUT2D eigenvalue weighted by Gasteiger charge is -2.35. The molecule has 5 nitrogen and oxygen atoms in total. The van der Waals surface area contributed by atoms with Crippen molar-refractivity contribution in [2.45, 2.75) is 33.1 Å². The van der Waals surface area contributed by atoms with Gasteiger partial charge in [0.1, 0.15) is 0 Å². The summed E-state index contributed by atoms with van der Waals surface area (Å²) in [6.07, 6.45) is 3.84. The molecule has 0 saturated carbocycles. The molecule has 0 radical (unpaired) electrons. The predicted molar refractivity (Wildman–Crippen MR) is 93.1 cm³/mol. The first-order valence-corrected chi connectivity index (χ1v) is 9.01. The average molecular weight is 313 g/mol. The molecule has 22 heavy (non-hydrogen) atoms. The molecule has 0 bridgehead atoms. The number of piperazine rings is 1. The van der Waals surface area contributed by atoms with E-state index in [0.29, 0.717) is 6.54 Å². The highest BCUT2D eigenvalue weighted by molar-refractivity contribution is 5.77. The molecule has 0 spiro atoms. The SMILES string of the molecule is CC.CNC(=O)CN1CCC(CCN2CCN(C)CC2)CC1. The van der Waals surface area contributed by atoms with Gasteiger partial charge in [0.05, 0.1) is 6.54 Å². The summed E-state index contributed by atoms with van der Waals surface area (Å²) >= 11 is 0. The van der Waals surface area contributed by atoms with E-state index < -0.39 is 0 Å². The molecule has 1 amide bonds. The van der Waals surface area contributed by atoms with E-state index in [1.165, 1.54) is 52.0 Å². The number of nitrogens with zero attached hydrogens (tertiary/aromatic N) is 3. The van der Waals surface area contributed by atoms with Crippen LogP contribution in [0.2, 0.25) is 0 Å². The van der Waals surface area contributed by atoms with Gasteiger partial charge in [0.25, 0.3) is 0 Å². The summed E-state index contributed by atoms with van der Waals surface area (Å²) in [5.74, 6) is 0.997. The molecular formula is C17H36N4O. The summed E-state index contributed by atoms with van der Waals surface area (Å²) < 4.78 is 0. The maximum absolute atomic E-state index is 11.4. The Hall–Kier alpha value is -0.650. The molecule has 2 saturated heterocycles. The fraction of sp³-hybridized carbons (Fsp3) is 0.941. The molecule has 2 heterocycles. The van der Waals surface area contributed by atoms with Gasteiger partial charge < -0.3 is 15.1 Å². The second-order valence-electron chi connectivity index (χ2n) is 6.33. The van der Waals surface area contributed by atoms with E-state index in [1.807, 2.05) is 13.8 Å². The van der Waals surface area contributed by atoms with Crippen LogP contribution in [0.25, 0.3) is 0 Å². The zero-order valence-electron chi connectivity index (χ0n) is 15.1. The van der Waals surface area contributed by atoms with E-state index in [9.17, 15) is 4.79 Å². The number of piperidine rings is 1. The Morgan fingerprint density at radius 2 is 1.59 bits per heavy atom. The van der Waals surface area contributed by atoms with Gasteiger partial charge >= 0.3 is 0 Å². The highest BCUT2D eigenvalue weighted by atomic mass is 16.1. The summed E-state index contributed by atoms with van der Waals surface area (Å²) in [6, 6.07) is 0. The second-order valence-corrected chi connectivity index (χ2v) is 6.33. The maximum atomic E-state index is 11.4. The Morgan fingerprint density at radius 1 is 1.00 bits per heavy atom. The molecule has 2 rings (SSSR count).